The molecule has 0 aliphatic carbocycles. The van der Waals surface area contributed by atoms with E-state index in [-0.39, 0.29) is 18.6 Å². The second-order valence-electron chi connectivity index (χ2n) is 4.83. The number of hydrogen-bond donors (Lipinski definition) is 2. The highest BCUT2D eigenvalue weighted by Gasteiger charge is 2.19. The van der Waals surface area contributed by atoms with Crippen molar-refractivity contribution in [1.29, 1.82) is 0 Å². The molecular weight excluding hydrogens is 298 g/mol. The van der Waals surface area contributed by atoms with E-state index in [9.17, 15) is 4.79 Å². The molecule has 0 aromatic heterocycles. The minimum Gasteiger partial charge on any atom is -0.488 e. The molecule has 1 aliphatic rings. The van der Waals surface area contributed by atoms with Gasteiger partial charge in [-0.15, -0.1) is 0 Å². The van der Waals surface area contributed by atoms with E-state index in [1.807, 2.05) is 23.9 Å². The zero-order valence-electron chi connectivity index (χ0n) is 11.0. The van der Waals surface area contributed by atoms with Gasteiger partial charge in [0.2, 0.25) is 0 Å². The highest BCUT2D eigenvalue weighted by Crippen LogP contribution is 2.31. The van der Waals surface area contributed by atoms with Crippen molar-refractivity contribution < 1.29 is 14.6 Å². The standard InChI is InChI=1S/C14H18ClNO3S/c15-11-7-9(12(16)2-4-14(17)18)1-3-13(11)19-10-5-6-20-8-10/h1,3,7,10,12H,2,4-6,8,16H2,(H,17,18). The molecule has 3 N–H and O–H groups in total. The predicted molar refractivity (Wildman–Crippen MR) is 81.6 cm³/mol. The van der Waals surface area contributed by atoms with Crippen LogP contribution in [0.5, 0.6) is 5.75 Å². The van der Waals surface area contributed by atoms with Gasteiger partial charge in [0.15, 0.2) is 0 Å². The normalized spacial score (nSPS) is 19.8. The van der Waals surface area contributed by atoms with Gasteiger partial charge in [-0.05, 0) is 36.3 Å². The number of carboxylic acid groups (broad SMARTS) is 1. The third kappa shape index (κ3) is 4.30. The van der Waals surface area contributed by atoms with Crippen LogP contribution in [-0.2, 0) is 4.79 Å². The fourth-order valence-electron chi connectivity index (χ4n) is 2.07. The summed E-state index contributed by atoms with van der Waals surface area (Å²) >= 11 is 8.09. The zero-order chi connectivity index (χ0) is 14.5. The van der Waals surface area contributed by atoms with Gasteiger partial charge >= 0.3 is 5.97 Å². The van der Waals surface area contributed by atoms with Gasteiger partial charge in [-0.3, -0.25) is 4.79 Å². The maximum absolute atomic E-state index is 10.5. The van der Waals surface area contributed by atoms with Crippen molar-refractivity contribution in [2.24, 2.45) is 5.73 Å². The lowest BCUT2D eigenvalue weighted by molar-refractivity contribution is -0.137. The van der Waals surface area contributed by atoms with Crippen LogP contribution in [0.4, 0.5) is 0 Å². The molecule has 2 unspecified atom stereocenters. The minimum absolute atomic E-state index is 0.0519. The van der Waals surface area contributed by atoms with Gasteiger partial charge in [-0.1, -0.05) is 17.7 Å². The van der Waals surface area contributed by atoms with Crippen molar-refractivity contribution in [2.45, 2.75) is 31.4 Å². The van der Waals surface area contributed by atoms with E-state index in [0.29, 0.717) is 17.2 Å². The van der Waals surface area contributed by atoms with Crippen LogP contribution >= 0.6 is 23.4 Å². The second kappa shape index (κ2) is 7.20. The Morgan fingerprint density at radius 2 is 2.40 bits per heavy atom. The molecule has 0 amide bonds. The van der Waals surface area contributed by atoms with E-state index >= 15 is 0 Å². The average molecular weight is 316 g/mol. The Kier molecular flexibility index (Phi) is 5.57. The van der Waals surface area contributed by atoms with Crippen LogP contribution in [0.2, 0.25) is 5.02 Å². The first-order valence-corrected chi connectivity index (χ1v) is 8.10. The molecule has 1 saturated heterocycles. The highest BCUT2D eigenvalue weighted by atomic mass is 35.5. The average Bonchev–Trinajstić information content (AvgIpc) is 2.91. The third-order valence-corrected chi connectivity index (χ3v) is 4.66. The summed E-state index contributed by atoms with van der Waals surface area (Å²) in [6, 6.07) is 5.13. The molecule has 6 heteroatoms. The van der Waals surface area contributed by atoms with Crippen LogP contribution in [0, 0.1) is 0 Å². The van der Waals surface area contributed by atoms with Crippen molar-refractivity contribution in [1.82, 2.24) is 0 Å². The number of aliphatic carboxylic acids is 1. The molecule has 1 aromatic rings. The summed E-state index contributed by atoms with van der Waals surface area (Å²) < 4.78 is 5.85. The number of ether oxygens (including phenoxy) is 1. The molecule has 0 spiro atoms. The first-order chi connectivity index (χ1) is 9.56. The molecule has 2 rings (SSSR count). The first-order valence-electron chi connectivity index (χ1n) is 6.57. The van der Waals surface area contributed by atoms with Crippen molar-refractivity contribution in [3.63, 3.8) is 0 Å². The van der Waals surface area contributed by atoms with Crippen LogP contribution < -0.4 is 10.5 Å². The van der Waals surface area contributed by atoms with Gasteiger partial charge in [-0.25, -0.2) is 0 Å². The fourth-order valence-corrected chi connectivity index (χ4v) is 3.40. The summed E-state index contributed by atoms with van der Waals surface area (Å²) in [7, 11) is 0. The van der Waals surface area contributed by atoms with Gasteiger partial charge in [0.1, 0.15) is 11.9 Å². The predicted octanol–water partition coefficient (Wildman–Crippen LogP) is 3.09. The molecule has 1 aromatic carbocycles. The smallest absolute Gasteiger partial charge is 0.303 e. The van der Waals surface area contributed by atoms with Crippen molar-refractivity contribution in [2.75, 3.05) is 11.5 Å². The van der Waals surface area contributed by atoms with E-state index in [2.05, 4.69) is 0 Å². The Bertz CT molecular complexity index is 477. The number of carboxylic acids is 1. The summed E-state index contributed by atoms with van der Waals surface area (Å²) in [4.78, 5) is 10.5. The van der Waals surface area contributed by atoms with Crippen LogP contribution in [0.15, 0.2) is 18.2 Å². The van der Waals surface area contributed by atoms with Crippen LogP contribution in [0.1, 0.15) is 30.9 Å². The number of benzene rings is 1. The first kappa shape index (κ1) is 15.5. The van der Waals surface area contributed by atoms with E-state index in [1.165, 1.54) is 0 Å². The Balaban J connectivity index is 1.98. The van der Waals surface area contributed by atoms with E-state index < -0.39 is 5.97 Å². The second-order valence-corrected chi connectivity index (χ2v) is 6.39. The van der Waals surface area contributed by atoms with Gasteiger partial charge in [0, 0.05) is 18.2 Å². The number of halogens is 1. The zero-order valence-corrected chi connectivity index (χ0v) is 12.6. The van der Waals surface area contributed by atoms with Crippen LogP contribution in [0.25, 0.3) is 0 Å². The van der Waals surface area contributed by atoms with E-state index in [4.69, 9.17) is 27.2 Å². The van der Waals surface area contributed by atoms with Gasteiger partial charge in [-0.2, -0.15) is 11.8 Å². The minimum atomic E-state index is -0.842. The number of thioether (sulfide) groups is 1. The molecule has 0 radical (unpaired) electrons. The van der Waals surface area contributed by atoms with Crippen molar-refractivity contribution >= 4 is 29.3 Å². The fraction of sp³-hybridized carbons (Fsp3) is 0.500. The van der Waals surface area contributed by atoms with Crippen LogP contribution in [0.3, 0.4) is 0 Å². The molecule has 20 heavy (non-hydrogen) atoms. The monoisotopic (exact) mass is 315 g/mol. The lowest BCUT2D eigenvalue weighted by atomic mass is 10.0. The van der Waals surface area contributed by atoms with Crippen LogP contribution in [-0.4, -0.2) is 28.7 Å². The summed E-state index contributed by atoms with van der Waals surface area (Å²) in [5, 5.41) is 9.20. The largest absolute Gasteiger partial charge is 0.488 e. The maximum Gasteiger partial charge on any atom is 0.303 e. The van der Waals surface area contributed by atoms with Gasteiger partial charge < -0.3 is 15.6 Å². The maximum atomic E-state index is 10.5. The quantitative estimate of drug-likeness (QED) is 0.844. The Labute approximate surface area is 127 Å². The SMILES string of the molecule is NC(CCC(=O)O)c1ccc(OC2CCSC2)c(Cl)c1. The summed E-state index contributed by atoms with van der Waals surface area (Å²) in [6.07, 6.45) is 1.71. The number of hydrogen-bond acceptors (Lipinski definition) is 4. The topological polar surface area (TPSA) is 72.6 Å². The third-order valence-electron chi connectivity index (χ3n) is 3.23. The number of carbonyl (C=O) groups is 1. The van der Waals surface area contributed by atoms with E-state index in [0.717, 1.165) is 23.5 Å². The van der Waals surface area contributed by atoms with Crippen molar-refractivity contribution in [3.05, 3.63) is 28.8 Å². The summed E-state index contributed by atoms with van der Waals surface area (Å²) in [5.74, 6) is 1.95. The number of nitrogens with two attached hydrogens (primary N) is 1. The molecule has 2 atom stereocenters. The van der Waals surface area contributed by atoms with Gasteiger partial charge in [0.25, 0.3) is 0 Å². The Morgan fingerprint density at radius 1 is 1.60 bits per heavy atom. The Hall–Kier alpha value is -0.910. The molecule has 1 fully saturated rings. The number of rotatable bonds is 6. The lowest BCUT2D eigenvalue weighted by Gasteiger charge is -2.16. The molecule has 0 bridgehead atoms. The highest BCUT2D eigenvalue weighted by molar-refractivity contribution is 7.99. The lowest BCUT2D eigenvalue weighted by Crippen LogP contribution is -2.15. The molecule has 110 valence electrons. The molecule has 4 nitrogen and oxygen atoms in total. The summed E-state index contributed by atoms with van der Waals surface area (Å²) in [5.41, 5.74) is 6.80. The van der Waals surface area contributed by atoms with Crippen molar-refractivity contribution in [3.8, 4) is 5.75 Å². The van der Waals surface area contributed by atoms with E-state index in [1.54, 1.807) is 6.07 Å². The molecular formula is C14H18ClNO3S. The van der Waals surface area contributed by atoms with Gasteiger partial charge in [0.05, 0.1) is 5.02 Å². The molecule has 0 saturated carbocycles. The molecule has 1 heterocycles. The summed E-state index contributed by atoms with van der Waals surface area (Å²) in [6.45, 7) is 0. The Morgan fingerprint density at radius 3 is 3.00 bits per heavy atom. The molecule has 1 aliphatic heterocycles.